The molecular formula is C11H18N2O2. The standard InChI is InChI=1S/C11H18N2O2/c1-11(2,3)7-5-4-6-10(12-8-14)13-9-15/h10H,4-7H2,1-3H3. The zero-order valence-electron chi connectivity index (χ0n) is 9.62. The lowest BCUT2D eigenvalue weighted by Crippen LogP contribution is -2.05. The molecule has 4 heteroatoms. The summed E-state index contributed by atoms with van der Waals surface area (Å²) >= 11 is 0. The molecule has 4 nitrogen and oxygen atoms in total. The summed E-state index contributed by atoms with van der Waals surface area (Å²) in [4.78, 5) is 26.8. The van der Waals surface area contributed by atoms with Crippen LogP contribution in [0.1, 0.15) is 46.5 Å². The van der Waals surface area contributed by atoms with Gasteiger partial charge in [-0.05, 0) is 24.7 Å². The Morgan fingerprint density at radius 2 is 1.60 bits per heavy atom. The minimum atomic E-state index is -0.583. The van der Waals surface area contributed by atoms with Crippen LogP contribution in [0.4, 0.5) is 0 Å². The molecule has 0 saturated heterocycles. The lowest BCUT2D eigenvalue weighted by molar-refractivity contribution is 0.355. The van der Waals surface area contributed by atoms with Crippen LogP contribution in [0.3, 0.4) is 0 Å². The molecule has 0 atom stereocenters. The van der Waals surface area contributed by atoms with Gasteiger partial charge in [-0.2, -0.15) is 9.98 Å². The Hall–Kier alpha value is -1.24. The maximum Gasteiger partial charge on any atom is 0.237 e. The Balaban J connectivity index is 3.81. The second-order valence-corrected chi connectivity index (χ2v) is 4.73. The van der Waals surface area contributed by atoms with Crippen LogP contribution in [0, 0.1) is 5.41 Å². The van der Waals surface area contributed by atoms with E-state index in [0.717, 1.165) is 19.3 Å². The number of hydrogen-bond acceptors (Lipinski definition) is 4. The van der Waals surface area contributed by atoms with Crippen LogP contribution in [0.25, 0.3) is 0 Å². The molecule has 0 bridgehead atoms. The van der Waals surface area contributed by atoms with Crippen molar-refractivity contribution in [2.24, 2.45) is 15.4 Å². The first-order valence-electron chi connectivity index (χ1n) is 5.13. The van der Waals surface area contributed by atoms with Gasteiger partial charge in [-0.15, -0.1) is 0 Å². The zero-order chi connectivity index (χ0) is 11.7. The summed E-state index contributed by atoms with van der Waals surface area (Å²) in [6.45, 7) is 6.53. The third-order valence-corrected chi connectivity index (χ3v) is 2.04. The van der Waals surface area contributed by atoms with Gasteiger partial charge in [0, 0.05) is 0 Å². The fraction of sp³-hybridized carbons (Fsp3) is 0.818. The second kappa shape index (κ2) is 7.10. The predicted molar refractivity (Wildman–Crippen MR) is 58.0 cm³/mol. The molecule has 0 aromatic carbocycles. The first-order valence-corrected chi connectivity index (χ1v) is 5.13. The van der Waals surface area contributed by atoms with Gasteiger partial charge in [-0.25, -0.2) is 9.59 Å². The van der Waals surface area contributed by atoms with Crippen LogP contribution in [0.15, 0.2) is 9.98 Å². The predicted octanol–water partition coefficient (Wildman–Crippen LogP) is 2.59. The van der Waals surface area contributed by atoms with Gasteiger partial charge in [0.25, 0.3) is 0 Å². The van der Waals surface area contributed by atoms with E-state index in [0.29, 0.717) is 11.8 Å². The van der Waals surface area contributed by atoms with Gasteiger partial charge in [-0.3, -0.25) is 0 Å². The van der Waals surface area contributed by atoms with Gasteiger partial charge >= 0.3 is 0 Å². The maximum absolute atomic E-state index is 10.0. The molecule has 0 unspecified atom stereocenters. The minimum Gasteiger partial charge on any atom is -0.211 e. The van der Waals surface area contributed by atoms with Gasteiger partial charge in [0.15, 0.2) is 6.17 Å². The Morgan fingerprint density at radius 3 is 2.00 bits per heavy atom. The first kappa shape index (κ1) is 13.8. The van der Waals surface area contributed by atoms with Crippen LogP contribution >= 0.6 is 0 Å². The third-order valence-electron chi connectivity index (χ3n) is 2.04. The van der Waals surface area contributed by atoms with E-state index in [4.69, 9.17) is 0 Å². The van der Waals surface area contributed by atoms with E-state index in [2.05, 4.69) is 30.8 Å². The van der Waals surface area contributed by atoms with Crippen molar-refractivity contribution in [1.82, 2.24) is 0 Å². The minimum absolute atomic E-state index is 0.317. The number of isocyanates is 2. The summed E-state index contributed by atoms with van der Waals surface area (Å²) in [7, 11) is 0. The molecule has 0 aromatic heterocycles. The molecule has 0 aliphatic rings. The molecule has 0 saturated carbocycles. The Morgan fingerprint density at radius 1 is 1.07 bits per heavy atom. The lowest BCUT2D eigenvalue weighted by atomic mass is 9.89. The normalized spacial score (nSPS) is 12.5. The van der Waals surface area contributed by atoms with Crippen LogP contribution in [0.2, 0.25) is 0 Å². The molecule has 0 aliphatic heterocycles. The number of unbranched alkanes of at least 4 members (excludes halogenated alkanes) is 1. The van der Waals surface area contributed by atoms with Crippen molar-refractivity contribution in [2.75, 3.05) is 0 Å². The largest absolute Gasteiger partial charge is 0.237 e. The molecule has 84 valence electrons. The fourth-order valence-corrected chi connectivity index (χ4v) is 1.26. The summed E-state index contributed by atoms with van der Waals surface area (Å²) in [6.07, 6.45) is 5.90. The van der Waals surface area contributed by atoms with E-state index in [1.54, 1.807) is 0 Å². The number of rotatable bonds is 6. The van der Waals surface area contributed by atoms with Crippen molar-refractivity contribution in [3.05, 3.63) is 0 Å². The topological polar surface area (TPSA) is 58.9 Å². The van der Waals surface area contributed by atoms with Gasteiger partial charge < -0.3 is 0 Å². The van der Waals surface area contributed by atoms with E-state index in [1.165, 1.54) is 12.2 Å². The average molecular weight is 210 g/mol. The van der Waals surface area contributed by atoms with E-state index in [-0.39, 0.29) is 0 Å². The van der Waals surface area contributed by atoms with E-state index >= 15 is 0 Å². The molecule has 0 rings (SSSR count). The van der Waals surface area contributed by atoms with Gasteiger partial charge in [-0.1, -0.05) is 27.2 Å². The summed E-state index contributed by atoms with van der Waals surface area (Å²) in [5, 5.41) is 0. The van der Waals surface area contributed by atoms with Crippen LogP contribution in [0.5, 0.6) is 0 Å². The van der Waals surface area contributed by atoms with Crippen molar-refractivity contribution in [3.63, 3.8) is 0 Å². The van der Waals surface area contributed by atoms with Crippen LogP contribution in [-0.4, -0.2) is 18.3 Å². The third kappa shape index (κ3) is 9.07. The number of nitrogens with zero attached hydrogens (tertiary/aromatic N) is 2. The van der Waals surface area contributed by atoms with Crippen molar-refractivity contribution >= 4 is 12.2 Å². The van der Waals surface area contributed by atoms with Crippen molar-refractivity contribution in [3.8, 4) is 0 Å². The monoisotopic (exact) mass is 210 g/mol. The zero-order valence-corrected chi connectivity index (χ0v) is 9.62. The van der Waals surface area contributed by atoms with Gasteiger partial charge in [0.1, 0.15) is 0 Å². The number of carbonyl (C=O) groups excluding carboxylic acids is 2. The lowest BCUT2D eigenvalue weighted by Gasteiger charge is -2.17. The van der Waals surface area contributed by atoms with Gasteiger partial charge in [0.05, 0.1) is 0 Å². The summed E-state index contributed by atoms with van der Waals surface area (Å²) < 4.78 is 0. The van der Waals surface area contributed by atoms with Crippen molar-refractivity contribution < 1.29 is 9.59 Å². The quantitative estimate of drug-likeness (QED) is 0.384. The Bertz CT molecular complexity index is 251. The number of hydrogen-bond donors (Lipinski definition) is 0. The second-order valence-electron chi connectivity index (χ2n) is 4.73. The molecule has 0 spiro atoms. The summed E-state index contributed by atoms with van der Waals surface area (Å²) in [5.74, 6) is 0. The molecule has 0 N–H and O–H groups in total. The molecule has 0 fully saturated rings. The van der Waals surface area contributed by atoms with E-state index in [9.17, 15) is 9.59 Å². The Kier molecular flexibility index (Phi) is 6.52. The van der Waals surface area contributed by atoms with E-state index < -0.39 is 6.17 Å². The highest BCUT2D eigenvalue weighted by atomic mass is 16.1. The highest BCUT2D eigenvalue weighted by Crippen LogP contribution is 2.22. The first-order chi connectivity index (χ1) is 6.99. The molecule has 0 aromatic rings. The highest BCUT2D eigenvalue weighted by Gasteiger charge is 2.10. The van der Waals surface area contributed by atoms with Gasteiger partial charge in [0.2, 0.25) is 12.2 Å². The number of aliphatic imine (C=N–C) groups is 2. The Labute approximate surface area is 90.5 Å². The van der Waals surface area contributed by atoms with Crippen LogP contribution in [-0.2, 0) is 9.59 Å². The van der Waals surface area contributed by atoms with Crippen molar-refractivity contribution in [2.45, 2.75) is 52.6 Å². The highest BCUT2D eigenvalue weighted by molar-refractivity contribution is 5.36. The van der Waals surface area contributed by atoms with Crippen molar-refractivity contribution in [1.29, 1.82) is 0 Å². The summed E-state index contributed by atoms with van der Waals surface area (Å²) in [5.41, 5.74) is 0.317. The maximum atomic E-state index is 10.0. The SMILES string of the molecule is CC(C)(C)CCCCC(N=C=O)N=C=O. The molecule has 15 heavy (non-hydrogen) atoms. The molecule has 0 radical (unpaired) electrons. The fourth-order valence-electron chi connectivity index (χ4n) is 1.26. The van der Waals surface area contributed by atoms with Crippen LogP contribution < -0.4 is 0 Å². The molecular weight excluding hydrogens is 192 g/mol. The smallest absolute Gasteiger partial charge is 0.211 e. The molecule has 0 aliphatic carbocycles. The summed E-state index contributed by atoms with van der Waals surface area (Å²) in [6, 6.07) is 0. The average Bonchev–Trinajstić information content (AvgIpc) is 2.11. The molecule has 0 amide bonds. The molecule has 0 heterocycles. The van der Waals surface area contributed by atoms with E-state index in [1.807, 2.05) is 0 Å².